The van der Waals surface area contributed by atoms with Gasteiger partial charge in [0, 0.05) is 19.6 Å². The Bertz CT molecular complexity index is 1070. The molecule has 1 heterocycles. The number of amides is 1. The summed E-state index contributed by atoms with van der Waals surface area (Å²) >= 11 is 11.3. The van der Waals surface area contributed by atoms with Crippen LogP contribution in [0.3, 0.4) is 0 Å². The molecule has 0 radical (unpaired) electrons. The first kappa shape index (κ1) is 24.2. The number of carbonyl (C=O) groups excluding carboxylic acids is 1. The summed E-state index contributed by atoms with van der Waals surface area (Å²) in [6, 6.07) is 11.6. The number of hydrazine groups is 1. The van der Waals surface area contributed by atoms with E-state index < -0.39 is 15.9 Å². The lowest BCUT2D eigenvalue weighted by atomic mass is 10.2. The highest BCUT2D eigenvalue weighted by Crippen LogP contribution is 2.25. The number of hydrogen-bond donors (Lipinski definition) is 3. The summed E-state index contributed by atoms with van der Waals surface area (Å²) in [5.41, 5.74) is 6.06. The van der Waals surface area contributed by atoms with Gasteiger partial charge >= 0.3 is 0 Å². The summed E-state index contributed by atoms with van der Waals surface area (Å²) < 4.78 is 32.4. The second-order valence-electron chi connectivity index (χ2n) is 7.22. The van der Waals surface area contributed by atoms with E-state index in [2.05, 4.69) is 16.2 Å². The average Bonchev–Trinajstić information content (AvgIpc) is 2.82. The van der Waals surface area contributed by atoms with Crippen LogP contribution in [0.5, 0.6) is 5.75 Å². The number of sulfonamides is 1. The van der Waals surface area contributed by atoms with Crippen molar-refractivity contribution in [3.8, 4) is 5.75 Å². The van der Waals surface area contributed by atoms with Crippen LogP contribution in [0.2, 0.25) is 5.02 Å². The summed E-state index contributed by atoms with van der Waals surface area (Å²) in [4.78, 5) is 12.6. The standard InChI is InChI=1S/C21H25ClN4O4S2/c1-30-16-7-5-15(6-8-16)14-23-21(31)25-24-20(27)18-13-17(9-10-19(18)22)32(28,29)26-11-3-2-4-12-26/h5-10,13H,2-4,11-12,14H2,1H3,(H,24,27)(H2,23,25,31). The van der Waals surface area contributed by atoms with Gasteiger partial charge in [-0.3, -0.25) is 15.6 Å². The first-order chi connectivity index (χ1) is 15.3. The first-order valence-corrected chi connectivity index (χ1v) is 12.3. The van der Waals surface area contributed by atoms with E-state index in [1.165, 1.54) is 22.5 Å². The highest BCUT2D eigenvalue weighted by atomic mass is 35.5. The zero-order valence-electron chi connectivity index (χ0n) is 17.6. The van der Waals surface area contributed by atoms with Crippen LogP contribution in [0.1, 0.15) is 35.2 Å². The number of piperidine rings is 1. The molecule has 1 aliphatic heterocycles. The van der Waals surface area contributed by atoms with E-state index in [1.807, 2.05) is 24.3 Å². The Labute approximate surface area is 198 Å². The minimum atomic E-state index is -3.68. The largest absolute Gasteiger partial charge is 0.497 e. The van der Waals surface area contributed by atoms with E-state index in [9.17, 15) is 13.2 Å². The maximum atomic E-state index is 12.9. The number of rotatable bonds is 6. The van der Waals surface area contributed by atoms with Gasteiger partial charge in [0.25, 0.3) is 5.91 Å². The number of ether oxygens (including phenoxy) is 1. The van der Waals surface area contributed by atoms with Gasteiger partial charge in [0.1, 0.15) is 5.75 Å². The van der Waals surface area contributed by atoms with Crippen molar-refractivity contribution in [2.75, 3.05) is 20.2 Å². The second-order valence-corrected chi connectivity index (χ2v) is 9.97. The highest BCUT2D eigenvalue weighted by molar-refractivity contribution is 7.89. The number of methoxy groups -OCH3 is 1. The Morgan fingerprint density at radius 2 is 1.78 bits per heavy atom. The molecule has 1 aliphatic rings. The van der Waals surface area contributed by atoms with Crippen molar-refractivity contribution in [2.24, 2.45) is 0 Å². The Morgan fingerprint density at radius 1 is 1.09 bits per heavy atom. The summed E-state index contributed by atoms with van der Waals surface area (Å²) in [5, 5.41) is 3.30. The molecule has 0 spiro atoms. The minimum absolute atomic E-state index is 0.0363. The topological polar surface area (TPSA) is 99.8 Å². The van der Waals surface area contributed by atoms with Crippen molar-refractivity contribution in [3.05, 3.63) is 58.6 Å². The van der Waals surface area contributed by atoms with Crippen LogP contribution in [0.4, 0.5) is 0 Å². The fraction of sp³-hybridized carbons (Fsp3) is 0.333. The molecule has 2 aromatic rings. The first-order valence-electron chi connectivity index (χ1n) is 10.1. The molecule has 2 aromatic carbocycles. The molecule has 3 N–H and O–H groups in total. The molecule has 0 saturated carbocycles. The Kier molecular flexibility index (Phi) is 8.30. The predicted molar refractivity (Wildman–Crippen MR) is 127 cm³/mol. The number of nitrogens with zero attached hydrogens (tertiary/aromatic N) is 1. The lowest BCUT2D eigenvalue weighted by Gasteiger charge is -2.26. The van der Waals surface area contributed by atoms with Crippen molar-refractivity contribution >= 4 is 44.9 Å². The number of benzene rings is 2. The molecule has 0 bridgehead atoms. The fourth-order valence-corrected chi connectivity index (χ4v) is 5.11. The summed E-state index contributed by atoms with van der Waals surface area (Å²) in [7, 11) is -2.09. The van der Waals surface area contributed by atoms with Crippen LogP contribution < -0.4 is 20.9 Å². The molecule has 1 saturated heterocycles. The van der Waals surface area contributed by atoms with E-state index in [0.717, 1.165) is 30.6 Å². The van der Waals surface area contributed by atoms with Crippen LogP contribution in [-0.2, 0) is 16.6 Å². The number of halogens is 1. The zero-order chi connectivity index (χ0) is 23.1. The van der Waals surface area contributed by atoms with E-state index in [4.69, 9.17) is 28.6 Å². The molecule has 3 rings (SSSR count). The van der Waals surface area contributed by atoms with Gasteiger partial charge in [-0.15, -0.1) is 0 Å². The Morgan fingerprint density at radius 3 is 2.44 bits per heavy atom. The molecule has 11 heteroatoms. The normalized spacial score (nSPS) is 14.4. The molecular formula is C21H25ClN4O4S2. The maximum Gasteiger partial charge on any atom is 0.271 e. The third-order valence-electron chi connectivity index (χ3n) is 5.04. The quantitative estimate of drug-likeness (QED) is 0.417. The van der Waals surface area contributed by atoms with Gasteiger partial charge in [-0.05, 0) is 61.0 Å². The van der Waals surface area contributed by atoms with Gasteiger partial charge in [0.05, 0.1) is 22.6 Å². The number of carbonyl (C=O) groups is 1. The molecule has 0 aromatic heterocycles. The van der Waals surface area contributed by atoms with Crippen LogP contribution in [0.15, 0.2) is 47.4 Å². The van der Waals surface area contributed by atoms with Gasteiger partial charge in [-0.2, -0.15) is 4.31 Å². The van der Waals surface area contributed by atoms with Crippen LogP contribution in [-0.4, -0.2) is 43.9 Å². The zero-order valence-corrected chi connectivity index (χ0v) is 19.9. The maximum absolute atomic E-state index is 12.9. The monoisotopic (exact) mass is 496 g/mol. The fourth-order valence-electron chi connectivity index (χ4n) is 3.24. The van der Waals surface area contributed by atoms with Crippen molar-refractivity contribution in [2.45, 2.75) is 30.7 Å². The van der Waals surface area contributed by atoms with E-state index in [0.29, 0.717) is 19.6 Å². The highest BCUT2D eigenvalue weighted by Gasteiger charge is 2.27. The van der Waals surface area contributed by atoms with E-state index >= 15 is 0 Å². The van der Waals surface area contributed by atoms with Crippen LogP contribution in [0.25, 0.3) is 0 Å². The van der Waals surface area contributed by atoms with E-state index in [-0.39, 0.29) is 20.6 Å². The summed E-state index contributed by atoms with van der Waals surface area (Å²) in [6.07, 6.45) is 2.66. The third kappa shape index (κ3) is 6.10. The van der Waals surface area contributed by atoms with Gasteiger partial charge in [0.15, 0.2) is 5.11 Å². The van der Waals surface area contributed by atoms with Gasteiger partial charge in [-0.25, -0.2) is 8.42 Å². The number of hydrogen-bond acceptors (Lipinski definition) is 5. The second kappa shape index (κ2) is 11.0. The smallest absolute Gasteiger partial charge is 0.271 e. The van der Waals surface area contributed by atoms with Gasteiger partial charge in [0.2, 0.25) is 10.0 Å². The van der Waals surface area contributed by atoms with Crippen molar-refractivity contribution in [1.82, 2.24) is 20.5 Å². The van der Waals surface area contributed by atoms with Crippen molar-refractivity contribution in [3.63, 3.8) is 0 Å². The van der Waals surface area contributed by atoms with E-state index in [1.54, 1.807) is 7.11 Å². The molecule has 32 heavy (non-hydrogen) atoms. The molecule has 1 amide bonds. The molecule has 172 valence electrons. The average molecular weight is 497 g/mol. The van der Waals surface area contributed by atoms with Gasteiger partial charge in [-0.1, -0.05) is 30.2 Å². The molecule has 1 fully saturated rings. The lowest BCUT2D eigenvalue weighted by molar-refractivity contribution is 0.0943. The predicted octanol–water partition coefficient (Wildman–Crippen LogP) is 2.83. The molecule has 8 nitrogen and oxygen atoms in total. The summed E-state index contributed by atoms with van der Waals surface area (Å²) in [5.74, 6) is 0.155. The number of thiocarbonyl (C=S) groups is 1. The van der Waals surface area contributed by atoms with Crippen molar-refractivity contribution in [1.29, 1.82) is 0 Å². The van der Waals surface area contributed by atoms with Crippen LogP contribution >= 0.6 is 23.8 Å². The molecule has 0 aliphatic carbocycles. The minimum Gasteiger partial charge on any atom is -0.497 e. The SMILES string of the molecule is COc1ccc(CNC(=S)NNC(=O)c2cc(S(=O)(=O)N3CCCCC3)ccc2Cl)cc1. The third-order valence-corrected chi connectivity index (χ3v) is 7.51. The van der Waals surface area contributed by atoms with Gasteiger partial charge < -0.3 is 10.1 Å². The Hall–Kier alpha value is -2.40. The van der Waals surface area contributed by atoms with Crippen LogP contribution in [0, 0.1) is 0 Å². The molecular weight excluding hydrogens is 472 g/mol. The van der Waals surface area contributed by atoms with Crippen molar-refractivity contribution < 1.29 is 17.9 Å². The molecule has 0 atom stereocenters. The summed E-state index contributed by atoms with van der Waals surface area (Å²) in [6.45, 7) is 1.39. The number of nitrogens with one attached hydrogen (secondary N) is 3. The lowest BCUT2D eigenvalue weighted by Crippen LogP contribution is -2.46. The Balaban J connectivity index is 1.59. The molecule has 0 unspecified atom stereocenters.